The molecule has 0 bridgehead atoms. The summed E-state index contributed by atoms with van der Waals surface area (Å²) in [6, 6.07) is 6.23. The van der Waals surface area contributed by atoms with Crippen LogP contribution in [-0.4, -0.2) is 34.7 Å². The molecular formula is C15H19FN2O2. The van der Waals surface area contributed by atoms with Gasteiger partial charge in [0, 0.05) is 12.1 Å². The second-order valence-electron chi connectivity index (χ2n) is 5.67. The zero-order chi connectivity index (χ0) is 14.1. The third-order valence-electron chi connectivity index (χ3n) is 3.78. The van der Waals surface area contributed by atoms with Crippen LogP contribution in [0.1, 0.15) is 37.4 Å². The third-order valence-corrected chi connectivity index (χ3v) is 3.78. The molecule has 1 atom stereocenters. The monoisotopic (exact) mass is 278 g/mol. The van der Waals surface area contributed by atoms with Crippen LogP contribution in [0.3, 0.4) is 0 Å². The Hall–Kier alpha value is -1.62. The molecule has 1 aromatic rings. The lowest BCUT2D eigenvalue weighted by Gasteiger charge is -2.25. The molecule has 0 heterocycles. The van der Waals surface area contributed by atoms with E-state index in [4.69, 9.17) is 0 Å². The Bertz CT molecular complexity index is 483. The van der Waals surface area contributed by atoms with Crippen molar-refractivity contribution in [3.8, 4) is 0 Å². The van der Waals surface area contributed by atoms with Crippen molar-refractivity contribution in [2.24, 2.45) is 0 Å². The molecule has 3 rings (SSSR count). The fraction of sp³-hybridized carbons (Fsp3) is 0.533. The number of benzene rings is 1. The van der Waals surface area contributed by atoms with Gasteiger partial charge in [-0.15, -0.1) is 0 Å². The number of hydrogen-bond acceptors (Lipinski definition) is 2. The summed E-state index contributed by atoms with van der Waals surface area (Å²) in [5.41, 5.74) is 0.635. The smallest absolute Gasteiger partial charge is 0.317 e. The molecule has 4 nitrogen and oxygen atoms in total. The average Bonchev–Trinajstić information content (AvgIpc) is 3.30. The summed E-state index contributed by atoms with van der Waals surface area (Å²) < 4.78 is 12.9. The Morgan fingerprint density at radius 3 is 2.50 bits per heavy atom. The highest BCUT2D eigenvalue weighted by Crippen LogP contribution is 2.30. The first kappa shape index (κ1) is 13.4. The average molecular weight is 278 g/mol. The van der Waals surface area contributed by atoms with E-state index in [1.165, 1.54) is 12.1 Å². The summed E-state index contributed by atoms with van der Waals surface area (Å²) in [4.78, 5) is 13.9. The van der Waals surface area contributed by atoms with Crippen molar-refractivity contribution in [3.63, 3.8) is 0 Å². The van der Waals surface area contributed by atoms with Gasteiger partial charge in [-0.05, 0) is 43.4 Å². The lowest BCUT2D eigenvalue weighted by molar-refractivity contribution is 0.117. The molecule has 2 N–H and O–H groups in total. The number of rotatable bonds is 5. The van der Waals surface area contributed by atoms with E-state index in [1.54, 1.807) is 17.0 Å². The van der Waals surface area contributed by atoms with Crippen LogP contribution in [-0.2, 0) is 0 Å². The number of halogens is 1. The molecule has 0 unspecified atom stereocenters. The summed E-state index contributed by atoms with van der Waals surface area (Å²) in [5, 5.41) is 13.2. The highest BCUT2D eigenvalue weighted by Gasteiger charge is 2.36. The van der Waals surface area contributed by atoms with Gasteiger partial charge in [0.25, 0.3) is 0 Å². The van der Waals surface area contributed by atoms with Crippen LogP contribution in [0.4, 0.5) is 9.18 Å². The van der Waals surface area contributed by atoms with Crippen LogP contribution in [0, 0.1) is 5.82 Å². The molecule has 1 aromatic carbocycles. The Balaban J connectivity index is 1.62. The van der Waals surface area contributed by atoms with Gasteiger partial charge < -0.3 is 15.3 Å². The van der Waals surface area contributed by atoms with E-state index in [2.05, 4.69) is 5.32 Å². The SMILES string of the molecule is O=C(NC1CC1)N(C[C@H](O)c1ccc(F)cc1)C1CC1. The van der Waals surface area contributed by atoms with Gasteiger partial charge >= 0.3 is 6.03 Å². The molecule has 0 saturated heterocycles. The van der Waals surface area contributed by atoms with E-state index < -0.39 is 6.10 Å². The molecule has 0 aromatic heterocycles. The predicted molar refractivity (Wildman–Crippen MR) is 72.6 cm³/mol. The number of aliphatic hydroxyl groups is 1. The van der Waals surface area contributed by atoms with Crippen molar-refractivity contribution in [1.82, 2.24) is 10.2 Å². The van der Waals surface area contributed by atoms with Crippen molar-refractivity contribution < 1.29 is 14.3 Å². The van der Waals surface area contributed by atoms with Crippen LogP contribution in [0.2, 0.25) is 0 Å². The van der Waals surface area contributed by atoms with Gasteiger partial charge in [0.15, 0.2) is 0 Å². The van der Waals surface area contributed by atoms with Gasteiger partial charge in [0.05, 0.1) is 12.6 Å². The first-order chi connectivity index (χ1) is 9.63. The van der Waals surface area contributed by atoms with Gasteiger partial charge in [0.2, 0.25) is 0 Å². The summed E-state index contributed by atoms with van der Waals surface area (Å²) in [6.07, 6.45) is 3.30. The number of amides is 2. The van der Waals surface area contributed by atoms with Gasteiger partial charge in [-0.1, -0.05) is 12.1 Å². The number of hydrogen-bond donors (Lipinski definition) is 2. The van der Waals surface area contributed by atoms with Crippen LogP contribution in [0.25, 0.3) is 0 Å². The highest BCUT2D eigenvalue weighted by atomic mass is 19.1. The maximum atomic E-state index is 12.9. The molecule has 108 valence electrons. The Morgan fingerprint density at radius 1 is 1.30 bits per heavy atom. The van der Waals surface area contributed by atoms with Gasteiger partial charge in [-0.25, -0.2) is 9.18 Å². The minimum atomic E-state index is -0.777. The van der Waals surface area contributed by atoms with Crippen LogP contribution >= 0.6 is 0 Å². The second-order valence-corrected chi connectivity index (χ2v) is 5.67. The van der Waals surface area contributed by atoms with E-state index in [0.717, 1.165) is 25.7 Å². The number of nitrogens with zero attached hydrogens (tertiary/aromatic N) is 1. The number of carbonyl (C=O) groups is 1. The summed E-state index contributed by atoms with van der Waals surface area (Å²) >= 11 is 0. The quantitative estimate of drug-likeness (QED) is 0.867. The topological polar surface area (TPSA) is 52.6 Å². The molecular weight excluding hydrogens is 259 g/mol. The predicted octanol–water partition coefficient (Wildman–Crippen LogP) is 2.20. The fourth-order valence-electron chi connectivity index (χ4n) is 2.25. The molecule has 0 spiro atoms. The van der Waals surface area contributed by atoms with Crippen molar-refractivity contribution in [3.05, 3.63) is 35.6 Å². The van der Waals surface area contributed by atoms with Crippen molar-refractivity contribution in [1.29, 1.82) is 0 Å². The van der Waals surface area contributed by atoms with Crippen molar-refractivity contribution in [2.75, 3.05) is 6.54 Å². The Kier molecular flexibility index (Phi) is 3.61. The van der Waals surface area contributed by atoms with E-state index >= 15 is 0 Å². The zero-order valence-corrected chi connectivity index (χ0v) is 11.3. The molecule has 0 aliphatic heterocycles. The first-order valence-corrected chi connectivity index (χ1v) is 7.14. The van der Waals surface area contributed by atoms with Gasteiger partial charge in [0.1, 0.15) is 5.82 Å². The van der Waals surface area contributed by atoms with Gasteiger partial charge in [-0.2, -0.15) is 0 Å². The van der Waals surface area contributed by atoms with Crippen molar-refractivity contribution in [2.45, 2.75) is 43.9 Å². The Labute approximate surface area is 117 Å². The third kappa shape index (κ3) is 3.28. The molecule has 2 fully saturated rings. The number of nitrogens with one attached hydrogen (secondary N) is 1. The van der Waals surface area contributed by atoms with Crippen LogP contribution in [0.15, 0.2) is 24.3 Å². The van der Waals surface area contributed by atoms with E-state index in [-0.39, 0.29) is 24.4 Å². The van der Waals surface area contributed by atoms with Gasteiger partial charge in [-0.3, -0.25) is 0 Å². The normalized spacial score (nSPS) is 19.5. The highest BCUT2D eigenvalue weighted by molar-refractivity contribution is 5.75. The molecule has 2 saturated carbocycles. The molecule has 5 heteroatoms. The number of urea groups is 1. The fourth-order valence-corrected chi connectivity index (χ4v) is 2.25. The molecule has 2 amide bonds. The maximum Gasteiger partial charge on any atom is 0.317 e. The molecule has 0 radical (unpaired) electrons. The number of aliphatic hydroxyl groups excluding tert-OH is 1. The number of carbonyl (C=O) groups excluding carboxylic acids is 1. The van der Waals surface area contributed by atoms with Crippen LogP contribution in [0.5, 0.6) is 0 Å². The lowest BCUT2D eigenvalue weighted by Crippen LogP contribution is -2.44. The minimum Gasteiger partial charge on any atom is -0.387 e. The van der Waals surface area contributed by atoms with Crippen LogP contribution < -0.4 is 5.32 Å². The first-order valence-electron chi connectivity index (χ1n) is 7.14. The largest absolute Gasteiger partial charge is 0.387 e. The Morgan fingerprint density at radius 2 is 1.95 bits per heavy atom. The molecule has 20 heavy (non-hydrogen) atoms. The van der Waals surface area contributed by atoms with E-state index in [0.29, 0.717) is 11.6 Å². The summed E-state index contributed by atoms with van der Waals surface area (Å²) in [5.74, 6) is -0.327. The lowest BCUT2D eigenvalue weighted by atomic mass is 10.1. The minimum absolute atomic E-state index is 0.0869. The van der Waals surface area contributed by atoms with Crippen molar-refractivity contribution >= 4 is 6.03 Å². The van der Waals surface area contributed by atoms with E-state index in [9.17, 15) is 14.3 Å². The second kappa shape index (κ2) is 5.40. The summed E-state index contributed by atoms with van der Waals surface area (Å²) in [7, 11) is 0. The summed E-state index contributed by atoms with van der Waals surface area (Å²) in [6.45, 7) is 0.259. The molecule has 2 aliphatic rings. The molecule has 2 aliphatic carbocycles. The standard InChI is InChI=1S/C15H19FN2O2/c16-11-3-1-10(2-4-11)14(19)9-18(13-7-8-13)15(20)17-12-5-6-12/h1-4,12-14,19H,5-9H2,(H,17,20)/t14-/m0/s1. The van der Waals surface area contributed by atoms with E-state index in [1.807, 2.05) is 0 Å². The maximum absolute atomic E-state index is 12.9. The zero-order valence-electron chi connectivity index (χ0n) is 11.3.